The van der Waals surface area contributed by atoms with Gasteiger partial charge in [0.1, 0.15) is 5.82 Å². The Morgan fingerprint density at radius 3 is 2.94 bits per heavy atom. The minimum atomic E-state index is -0.914. The number of hydrogen-bond donors (Lipinski definition) is 1. The van der Waals surface area contributed by atoms with Crippen LogP contribution in [0.1, 0.15) is 24.5 Å². The maximum atomic E-state index is 13.7. The van der Waals surface area contributed by atoms with Crippen LogP contribution in [0.25, 0.3) is 5.57 Å². The first-order chi connectivity index (χ1) is 7.61. The Morgan fingerprint density at radius 2 is 2.25 bits per heavy atom. The van der Waals surface area contributed by atoms with Crippen LogP contribution in [-0.4, -0.2) is 11.1 Å². The lowest BCUT2D eigenvalue weighted by Crippen LogP contribution is -2.15. The summed E-state index contributed by atoms with van der Waals surface area (Å²) in [6.07, 6.45) is 3.40. The Bertz CT molecular complexity index is 463. The Morgan fingerprint density at radius 1 is 1.50 bits per heavy atom. The largest absolute Gasteiger partial charge is 0.481 e. The van der Waals surface area contributed by atoms with Gasteiger partial charge in [0.25, 0.3) is 0 Å². The summed E-state index contributed by atoms with van der Waals surface area (Å²) in [6, 6.07) is 4.91. The van der Waals surface area contributed by atoms with Crippen LogP contribution >= 0.6 is 0 Å². The molecule has 1 aliphatic carbocycles. The number of hydrogen-bond acceptors (Lipinski definition) is 1. The molecule has 0 heterocycles. The number of fused-ring (bicyclic) bond motifs is 1. The van der Waals surface area contributed by atoms with E-state index in [4.69, 9.17) is 5.11 Å². The highest BCUT2D eigenvalue weighted by Crippen LogP contribution is 2.33. The number of aryl methyl sites for hydroxylation is 1. The van der Waals surface area contributed by atoms with Gasteiger partial charge in [0.05, 0.1) is 5.92 Å². The summed E-state index contributed by atoms with van der Waals surface area (Å²) in [5.41, 5.74) is 2.00. The number of allylic oxidation sites excluding steroid dienone is 1. The number of carbonyl (C=O) groups is 1. The normalized spacial score (nSPS) is 16.2. The van der Waals surface area contributed by atoms with E-state index in [-0.39, 0.29) is 5.82 Å². The smallest absolute Gasteiger partial charge is 0.310 e. The predicted molar refractivity (Wildman–Crippen MR) is 59.5 cm³/mol. The second-order valence-corrected chi connectivity index (χ2v) is 4.03. The van der Waals surface area contributed by atoms with Crippen LogP contribution in [0.15, 0.2) is 24.3 Å². The molecule has 1 aromatic rings. The minimum absolute atomic E-state index is 0.323. The molecule has 0 fully saturated rings. The summed E-state index contributed by atoms with van der Waals surface area (Å²) in [4.78, 5) is 11.0. The molecule has 0 radical (unpaired) electrons. The van der Waals surface area contributed by atoms with Gasteiger partial charge in [0.2, 0.25) is 0 Å². The van der Waals surface area contributed by atoms with Gasteiger partial charge >= 0.3 is 5.97 Å². The van der Waals surface area contributed by atoms with Crippen LogP contribution in [0.4, 0.5) is 4.39 Å². The van der Waals surface area contributed by atoms with Gasteiger partial charge in [0.15, 0.2) is 0 Å². The van der Waals surface area contributed by atoms with Crippen molar-refractivity contribution in [3.05, 3.63) is 41.2 Å². The first-order valence-electron chi connectivity index (χ1n) is 5.32. The van der Waals surface area contributed by atoms with Crippen molar-refractivity contribution in [3.8, 4) is 0 Å². The van der Waals surface area contributed by atoms with Gasteiger partial charge in [-0.25, -0.2) is 4.39 Å². The number of halogens is 1. The van der Waals surface area contributed by atoms with E-state index in [1.54, 1.807) is 13.0 Å². The van der Waals surface area contributed by atoms with E-state index in [0.717, 1.165) is 18.4 Å². The van der Waals surface area contributed by atoms with Crippen molar-refractivity contribution in [3.63, 3.8) is 0 Å². The molecule has 1 aromatic carbocycles. The zero-order valence-corrected chi connectivity index (χ0v) is 9.03. The quantitative estimate of drug-likeness (QED) is 0.832. The summed E-state index contributed by atoms with van der Waals surface area (Å²) >= 11 is 0. The molecule has 0 spiro atoms. The van der Waals surface area contributed by atoms with Gasteiger partial charge in [0, 0.05) is 5.56 Å². The van der Waals surface area contributed by atoms with E-state index in [1.807, 2.05) is 12.1 Å². The molecular formula is C13H13FO2. The topological polar surface area (TPSA) is 37.3 Å². The fraction of sp³-hybridized carbons (Fsp3) is 0.308. The number of benzene rings is 1. The lowest BCUT2D eigenvalue weighted by molar-refractivity contribution is -0.139. The highest BCUT2D eigenvalue weighted by atomic mass is 19.1. The molecular weight excluding hydrogens is 207 g/mol. The van der Waals surface area contributed by atoms with Crippen LogP contribution in [0.5, 0.6) is 0 Å². The molecule has 16 heavy (non-hydrogen) atoms. The molecule has 2 rings (SSSR count). The Kier molecular flexibility index (Phi) is 2.77. The van der Waals surface area contributed by atoms with Crippen molar-refractivity contribution in [2.24, 2.45) is 5.92 Å². The van der Waals surface area contributed by atoms with Gasteiger partial charge in [-0.3, -0.25) is 4.79 Å². The first kappa shape index (κ1) is 10.9. The molecule has 3 heteroatoms. The maximum absolute atomic E-state index is 13.7. The number of carboxylic acid groups (broad SMARTS) is 1. The monoisotopic (exact) mass is 220 g/mol. The van der Waals surface area contributed by atoms with Crippen molar-refractivity contribution in [2.45, 2.75) is 19.8 Å². The Labute approximate surface area is 93.4 Å². The van der Waals surface area contributed by atoms with E-state index >= 15 is 0 Å². The van der Waals surface area contributed by atoms with E-state index in [9.17, 15) is 9.18 Å². The third kappa shape index (κ3) is 1.73. The minimum Gasteiger partial charge on any atom is -0.481 e. The van der Waals surface area contributed by atoms with Crippen molar-refractivity contribution < 1.29 is 14.3 Å². The Hall–Kier alpha value is -1.64. The van der Waals surface area contributed by atoms with Crippen LogP contribution < -0.4 is 0 Å². The lowest BCUT2D eigenvalue weighted by atomic mass is 9.84. The number of rotatable bonds is 2. The molecule has 0 saturated heterocycles. The van der Waals surface area contributed by atoms with Crippen molar-refractivity contribution >= 4 is 11.5 Å². The summed E-state index contributed by atoms with van der Waals surface area (Å²) < 4.78 is 13.7. The lowest BCUT2D eigenvalue weighted by Gasteiger charge is -2.21. The molecule has 1 unspecified atom stereocenters. The zero-order chi connectivity index (χ0) is 11.7. The van der Waals surface area contributed by atoms with Gasteiger partial charge in [-0.2, -0.15) is 0 Å². The van der Waals surface area contributed by atoms with E-state index in [1.165, 1.54) is 6.07 Å². The molecule has 1 aliphatic rings. The molecule has 0 saturated carbocycles. The van der Waals surface area contributed by atoms with E-state index < -0.39 is 11.9 Å². The number of carboxylic acids is 1. The maximum Gasteiger partial charge on any atom is 0.310 e. The van der Waals surface area contributed by atoms with Crippen LogP contribution in [0.3, 0.4) is 0 Å². The average molecular weight is 220 g/mol. The fourth-order valence-electron chi connectivity index (χ4n) is 2.11. The first-order valence-corrected chi connectivity index (χ1v) is 5.32. The van der Waals surface area contributed by atoms with Gasteiger partial charge < -0.3 is 5.11 Å². The Balaban J connectivity index is 2.51. The van der Waals surface area contributed by atoms with Gasteiger partial charge in [-0.1, -0.05) is 18.2 Å². The van der Waals surface area contributed by atoms with Crippen molar-refractivity contribution in [1.82, 2.24) is 0 Å². The highest BCUT2D eigenvalue weighted by Gasteiger charge is 2.24. The SMILES string of the molecule is CC(C(=O)O)C1=CCCc2cccc(F)c21. The second kappa shape index (κ2) is 4.08. The molecule has 84 valence electrons. The van der Waals surface area contributed by atoms with E-state index in [0.29, 0.717) is 11.1 Å². The summed E-state index contributed by atoms with van der Waals surface area (Å²) in [5.74, 6) is -1.89. The van der Waals surface area contributed by atoms with Crippen molar-refractivity contribution in [2.75, 3.05) is 0 Å². The van der Waals surface area contributed by atoms with Gasteiger partial charge in [-0.05, 0) is 37.0 Å². The van der Waals surface area contributed by atoms with Crippen LogP contribution in [-0.2, 0) is 11.2 Å². The molecule has 0 amide bonds. The molecule has 1 N–H and O–H groups in total. The summed E-state index contributed by atoms with van der Waals surface area (Å²) in [5, 5.41) is 8.99. The third-order valence-electron chi connectivity index (χ3n) is 3.00. The third-order valence-corrected chi connectivity index (χ3v) is 3.00. The number of aliphatic carboxylic acids is 1. The molecule has 0 aliphatic heterocycles. The standard InChI is InChI=1S/C13H13FO2/c1-8(13(15)16)10-6-2-4-9-5-3-7-11(14)12(9)10/h3,5-8H,2,4H2,1H3,(H,15,16). The molecule has 1 atom stereocenters. The summed E-state index contributed by atoms with van der Waals surface area (Å²) in [7, 11) is 0. The van der Waals surface area contributed by atoms with Crippen molar-refractivity contribution in [1.29, 1.82) is 0 Å². The van der Waals surface area contributed by atoms with Crippen LogP contribution in [0, 0.1) is 11.7 Å². The molecule has 0 bridgehead atoms. The molecule has 2 nitrogen and oxygen atoms in total. The van der Waals surface area contributed by atoms with Crippen LogP contribution in [0.2, 0.25) is 0 Å². The average Bonchev–Trinajstić information content (AvgIpc) is 2.27. The zero-order valence-electron chi connectivity index (χ0n) is 9.03. The van der Waals surface area contributed by atoms with Gasteiger partial charge in [-0.15, -0.1) is 0 Å². The predicted octanol–water partition coefficient (Wildman–Crippen LogP) is 2.88. The second-order valence-electron chi connectivity index (χ2n) is 4.03. The van der Waals surface area contributed by atoms with E-state index in [2.05, 4.69) is 0 Å². The summed E-state index contributed by atoms with van der Waals surface area (Å²) in [6.45, 7) is 1.59. The fourth-order valence-corrected chi connectivity index (χ4v) is 2.11. The highest BCUT2D eigenvalue weighted by molar-refractivity contribution is 5.88. The molecule has 0 aromatic heterocycles.